The highest BCUT2D eigenvalue weighted by molar-refractivity contribution is 7.91. The van der Waals surface area contributed by atoms with Gasteiger partial charge in [-0.25, -0.2) is 18.2 Å². The molecule has 0 aliphatic rings. The minimum absolute atomic E-state index is 0.0661. The maximum absolute atomic E-state index is 11.6. The molecule has 1 aromatic rings. The number of benzene rings is 1. The number of carbonyl (C=O) groups excluding carboxylic acids is 1. The summed E-state index contributed by atoms with van der Waals surface area (Å²) < 4.78 is 23.3. The first kappa shape index (κ1) is 13.9. The first-order valence-corrected chi connectivity index (χ1v) is 7.20. The summed E-state index contributed by atoms with van der Waals surface area (Å²) in [5, 5.41) is 0. The lowest BCUT2D eigenvalue weighted by molar-refractivity contribution is 0.563. The fourth-order valence-electron chi connectivity index (χ4n) is 1.31. The van der Waals surface area contributed by atoms with Gasteiger partial charge in [-0.3, -0.25) is 0 Å². The lowest BCUT2D eigenvalue weighted by Gasteiger charge is -2.03. The van der Waals surface area contributed by atoms with Gasteiger partial charge in [-0.2, -0.15) is 0 Å². The Hall–Kier alpha value is -1.16. The lowest BCUT2D eigenvalue weighted by atomic mass is 10.2. The summed E-state index contributed by atoms with van der Waals surface area (Å²) >= 11 is 5.42. The minimum atomic E-state index is -3.27. The predicted molar refractivity (Wildman–Crippen MR) is 65.9 cm³/mol. The van der Waals surface area contributed by atoms with E-state index in [9.17, 15) is 13.2 Å². The molecule has 0 saturated heterocycles. The van der Waals surface area contributed by atoms with E-state index in [1.165, 1.54) is 6.08 Å². The van der Waals surface area contributed by atoms with Gasteiger partial charge in [-0.05, 0) is 24.1 Å². The van der Waals surface area contributed by atoms with E-state index < -0.39 is 9.84 Å². The highest BCUT2D eigenvalue weighted by Gasteiger charge is 2.12. The van der Waals surface area contributed by atoms with E-state index in [-0.39, 0.29) is 16.5 Å². The quantitative estimate of drug-likeness (QED) is 0.449. The average Bonchev–Trinajstić information content (AvgIpc) is 2.30. The van der Waals surface area contributed by atoms with Gasteiger partial charge in [0, 0.05) is 5.88 Å². The largest absolute Gasteiger partial charge is 0.234 e. The third-order valence-electron chi connectivity index (χ3n) is 2.21. The number of aliphatic imine (C=N–C) groups is 1. The zero-order valence-corrected chi connectivity index (χ0v) is 10.7. The number of isocyanates is 1. The molecule has 0 aliphatic carbocycles. The van der Waals surface area contributed by atoms with Crippen LogP contribution in [-0.2, 0) is 21.1 Å². The second-order valence-electron chi connectivity index (χ2n) is 3.37. The van der Waals surface area contributed by atoms with E-state index in [4.69, 9.17) is 11.6 Å². The van der Waals surface area contributed by atoms with Crippen LogP contribution in [0.5, 0.6) is 0 Å². The van der Waals surface area contributed by atoms with Gasteiger partial charge in [0.25, 0.3) is 0 Å². The van der Waals surface area contributed by atoms with Gasteiger partial charge in [-0.1, -0.05) is 12.1 Å². The van der Waals surface area contributed by atoms with Crippen LogP contribution in [0.25, 0.3) is 0 Å². The van der Waals surface area contributed by atoms with Crippen LogP contribution in [-0.4, -0.2) is 32.7 Å². The van der Waals surface area contributed by atoms with E-state index >= 15 is 0 Å². The Kier molecular flexibility index (Phi) is 5.35. The molecule has 0 aliphatic heterocycles. The molecular formula is C11H12ClNO3S. The maximum Gasteiger partial charge on any atom is 0.234 e. The summed E-state index contributed by atoms with van der Waals surface area (Å²) in [4.78, 5) is 13.6. The molecule has 1 rings (SSSR count). The van der Waals surface area contributed by atoms with E-state index in [1.807, 2.05) is 0 Å². The van der Waals surface area contributed by atoms with E-state index in [1.54, 1.807) is 24.3 Å². The Morgan fingerprint density at radius 1 is 1.24 bits per heavy atom. The second-order valence-corrected chi connectivity index (χ2v) is 5.86. The number of rotatable bonds is 6. The van der Waals surface area contributed by atoms with Crippen molar-refractivity contribution < 1.29 is 13.2 Å². The molecule has 0 radical (unpaired) electrons. The molecule has 6 heteroatoms. The highest BCUT2D eigenvalue weighted by atomic mass is 35.5. The molecule has 0 atom stereocenters. The summed E-state index contributed by atoms with van der Waals surface area (Å²) in [5.41, 5.74) is 0.925. The lowest BCUT2D eigenvalue weighted by Crippen LogP contribution is -2.07. The molecule has 4 nitrogen and oxygen atoms in total. The molecule has 0 heterocycles. The van der Waals surface area contributed by atoms with Gasteiger partial charge in [0.05, 0.1) is 17.2 Å². The Labute approximate surface area is 105 Å². The molecule has 0 saturated carbocycles. The number of hydrogen-bond acceptors (Lipinski definition) is 4. The van der Waals surface area contributed by atoms with Crippen LogP contribution in [0.2, 0.25) is 0 Å². The van der Waals surface area contributed by atoms with E-state index in [0.29, 0.717) is 13.0 Å². The summed E-state index contributed by atoms with van der Waals surface area (Å²) in [5.74, 6) is 0.0153. The molecule has 17 heavy (non-hydrogen) atoms. The van der Waals surface area contributed by atoms with Crippen LogP contribution in [0.4, 0.5) is 0 Å². The van der Waals surface area contributed by atoms with Crippen molar-refractivity contribution in [2.75, 3.05) is 18.2 Å². The van der Waals surface area contributed by atoms with Crippen molar-refractivity contribution in [3.05, 3.63) is 29.8 Å². The zero-order chi connectivity index (χ0) is 12.7. The number of halogens is 1. The van der Waals surface area contributed by atoms with Crippen molar-refractivity contribution in [2.45, 2.75) is 11.3 Å². The second kappa shape index (κ2) is 6.55. The Balaban J connectivity index is 2.77. The van der Waals surface area contributed by atoms with Crippen LogP contribution in [0.15, 0.2) is 34.2 Å². The van der Waals surface area contributed by atoms with Crippen LogP contribution < -0.4 is 0 Å². The molecule has 0 amide bonds. The van der Waals surface area contributed by atoms with Crippen LogP contribution >= 0.6 is 11.6 Å². The Morgan fingerprint density at radius 2 is 1.88 bits per heavy atom. The number of alkyl halides is 1. The Bertz CT molecular complexity index is 504. The predicted octanol–water partition coefficient (Wildman–Crippen LogP) is 1.58. The van der Waals surface area contributed by atoms with E-state index in [0.717, 1.165) is 5.56 Å². The van der Waals surface area contributed by atoms with Gasteiger partial charge in [0.2, 0.25) is 6.08 Å². The summed E-state index contributed by atoms with van der Waals surface area (Å²) in [6.45, 7) is 0.358. The van der Waals surface area contributed by atoms with Crippen molar-refractivity contribution in [3.63, 3.8) is 0 Å². The zero-order valence-electron chi connectivity index (χ0n) is 9.10. The van der Waals surface area contributed by atoms with Crippen LogP contribution in [0.3, 0.4) is 0 Å². The van der Waals surface area contributed by atoms with Gasteiger partial charge >= 0.3 is 0 Å². The van der Waals surface area contributed by atoms with Gasteiger partial charge in [0.1, 0.15) is 0 Å². The topological polar surface area (TPSA) is 63.6 Å². The maximum atomic E-state index is 11.6. The van der Waals surface area contributed by atoms with Crippen LogP contribution in [0, 0.1) is 0 Å². The van der Waals surface area contributed by atoms with Gasteiger partial charge in [0.15, 0.2) is 9.84 Å². The highest BCUT2D eigenvalue weighted by Crippen LogP contribution is 2.13. The molecule has 1 aromatic carbocycles. The van der Waals surface area contributed by atoms with E-state index in [2.05, 4.69) is 4.99 Å². The molecule has 0 N–H and O–H groups in total. The van der Waals surface area contributed by atoms with Crippen molar-refractivity contribution in [1.82, 2.24) is 0 Å². The molecule has 0 unspecified atom stereocenters. The first-order valence-electron chi connectivity index (χ1n) is 5.01. The molecule has 0 aromatic heterocycles. The van der Waals surface area contributed by atoms with Crippen molar-refractivity contribution in [2.24, 2.45) is 4.99 Å². The minimum Gasteiger partial charge on any atom is -0.224 e. The smallest absolute Gasteiger partial charge is 0.224 e. The fraction of sp³-hybridized carbons (Fsp3) is 0.364. The number of hydrogen-bond donors (Lipinski definition) is 0. The summed E-state index contributed by atoms with van der Waals surface area (Å²) in [6.07, 6.45) is 2.04. The van der Waals surface area contributed by atoms with Gasteiger partial charge in [-0.15, -0.1) is 11.6 Å². The Morgan fingerprint density at radius 3 is 2.41 bits per heavy atom. The standard InChI is InChI=1S/C11H12ClNO3S/c12-6-8-17(15,16)11-3-1-10(2-4-11)5-7-13-9-14/h1-4H,5-8H2. The molecule has 92 valence electrons. The number of nitrogens with zero attached hydrogens (tertiary/aromatic N) is 1. The van der Waals surface area contributed by atoms with Crippen molar-refractivity contribution in [1.29, 1.82) is 0 Å². The SMILES string of the molecule is O=C=NCCc1ccc(S(=O)(=O)CCCl)cc1. The molecular weight excluding hydrogens is 262 g/mol. The fourth-order valence-corrected chi connectivity index (χ4v) is 2.91. The van der Waals surface area contributed by atoms with Crippen LogP contribution in [0.1, 0.15) is 5.56 Å². The third-order valence-corrected chi connectivity index (χ3v) is 4.35. The average molecular weight is 274 g/mol. The first-order chi connectivity index (χ1) is 8.10. The molecule has 0 bridgehead atoms. The normalized spacial score (nSPS) is 10.9. The third kappa shape index (κ3) is 4.30. The number of sulfone groups is 1. The summed E-state index contributed by atoms with van der Waals surface area (Å²) in [7, 11) is -3.27. The van der Waals surface area contributed by atoms with Gasteiger partial charge < -0.3 is 0 Å². The molecule has 0 spiro atoms. The van der Waals surface area contributed by atoms with Crippen molar-refractivity contribution >= 4 is 27.5 Å². The summed E-state index contributed by atoms with van der Waals surface area (Å²) in [6, 6.07) is 6.51. The van der Waals surface area contributed by atoms with Crippen molar-refractivity contribution in [3.8, 4) is 0 Å². The molecule has 0 fully saturated rings. The monoisotopic (exact) mass is 273 g/mol.